The summed E-state index contributed by atoms with van der Waals surface area (Å²) in [4.78, 5) is 17.4. The zero-order chi connectivity index (χ0) is 13.8. The van der Waals surface area contributed by atoms with E-state index in [1.807, 2.05) is 0 Å². The van der Waals surface area contributed by atoms with Crippen LogP contribution in [0.2, 0.25) is 0 Å². The van der Waals surface area contributed by atoms with Gasteiger partial charge >= 0.3 is 5.97 Å². The molecule has 0 aromatic carbocycles. The van der Waals surface area contributed by atoms with Gasteiger partial charge in [-0.3, -0.25) is 9.69 Å². The minimum absolute atomic E-state index is 0.105. The van der Waals surface area contributed by atoms with E-state index in [9.17, 15) is 4.79 Å². The molecule has 19 heavy (non-hydrogen) atoms. The Balaban J connectivity index is 1.90. The molecular weight excluding hydrogens is 244 g/mol. The molecule has 0 aliphatic carbocycles. The Morgan fingerprint density at radius 3 is 3.11 bits per heavy atom. The van der Waals surface area contributed by atoms with Crippen LogP contribution >= 0.6 is 0 Å². The minimum Gasteiger partial charge on any atom is -0.481 e. The van der Waals surface area contributed by atoms with Gasteiger partial charge in [0.1, 0.15) is 6.26 Å². The normalized spacial score (nSPS) is 20.3. The molecule has 1 unspecified atom stereocenters. The van der Waals surface area contributed by atoms with Crippen molar-refractivity contribution in [1.29, 1.82) is 0 Å². The number of aliphatic carboxylic acids is 1. The third-order valence-corrected chi connectivity index (χ3v) is 3.69. The van der Waals surface area contributed by atoms with Gasteiger partial charge in [0.25, 0.3) is 0 Å². The predicted molar refractivity (Wildman–Crippen MR) is 71.0 cm³/mol. The maximum absolute atomic E-state index is 10.5. The lowest BCUT2D eigenvalue weighted by atomic mass is 10.1. The van der Waals surface area contributed by atoms with Crippen LogP contribution in [0, 0.1) is 0 Å². The molecule has 5 heteroatoms. The van der Waals surface area contributed by atoms with E-state index in [1.54, 1.807) is 6.26 Å². The number of aryl methyl sites for hydroxylation is 1. The Kier molecular flexibility index (Phi) is 4.58. The highest BCUT2D eigenvalue weighted by atomic mass is 16.4. The lowest BCUT2D eigenvalue weighted by Gasteiger charge is -2.27. The molecule has 1 aromatic heterocycles. The van der Waals surface area contributed by atoms with Crippen LogP contribution in [-0.4, -0.2) is 39.6 Å². The maximum Gasteiger partial charge on any atom is 0.303 e. The fraction of sp³-hybridized carbons (Fsp3) is 0.714. The second-order valence-electron chi connectivity index (χ2n) is 5.46. The lowest BCUT2D eigenvalue weighted by Crippen LogP contribution is -2.36. The third-order valence-electron chi connectivity index (χ3n) is 3.69. The first-order valence-electron chi connectivity index (χ1n) is 6.97. The van der Waals surface area contributed by atoms with Gasteiger partial charge < -0.3 is 9.52 Å². The number of aromatic nitrogens is 1. The summed E-state index contributed by atoms with van der Waals surface area (Å²) in [5, 5.41) is 8.64. The van der Waals surface area contributed by atoms with Crippen molar-refractivity contribution >= 4 is 5.97 Å². The van der Waals surface area contributed by atoms with Crippen molar-refractivity contribution in [3.8, 4) is 0 Å². The average Bonchev–Trinajstić information content (AvgIpc) is 2.96. The Morgan fingerprint density at radius 1 is 1.63 bits per heavy atom. The molecule has 5 nitrogen and oxygen atoms in total. The number of hydrogen-bond donors (Lipinski definition) is 1. The molecule has 0 radical (unpaired) electrons. The summed E-state index contributed by atoms with van der Waals surface area (Å²) >= 11 is 0. The summed E-state index contributed by atoms with van der Waals surface area (Å²) in [7, 11) is 0. The first kappa shape index (κ1) is 14.1. The molecule has 106 valence electrons. The highest BCUT2D eigenvalue weighted by Gasteiger charge is 2.27. The minimum atomic E-state index is -0.800. The fourth-order valence-electron chi connectivity index (χ4n) is 2.75. The molecule has 0 amide bonds. The summed E-state index contributed by atoms with van der Waals surface area (Å²) in [6, 6.07) is 1.06. The third kappa shape index (κ3) is 3.80. The molecule has 1 fully saturated rings. The van der Waals surface area contributed by atoms with Gasteiger partial charge in [0.2, 0.25) is 0 Å². The Morgan fingerprint density at radius 2 is 2.42 bits per heavy atom. The van der Waals surface area contributed by atoms with Crippen LogP contribution < -0.4 is 0 Å². The zero-order valence-electron chi connectivity index (χ0n) is 11.6. The van der Waals surface area contributed by atoms with Crippen molar-refractivity contribution in [1.82, 2.24) is 9.88 Å². The first-order chi connectivity index (χ1) is 9.06. The summed E-state index contributed by atoms with van der Waals surface area (Å²) in [5.74, 6) is -0.0655. The number of hydrogen-bond acceptors (Lipinski definition) is 4. The van der Waals surface area contributed by atoms with E-state index in [0.29, 0.717) is 18.5 Å². The number of carbonyl (C=O) groups is 1. The van der Waals surface area contributed by atoms with Crippen molar-refractivity contribution in [2.75, 3.05) is 6.54 Å². The van der Waals surface area contributed by atoms with Crippen LogP contribution in [0.15, 0.2) is 10.7 Å². The lowest BCUT2D eigenvalue weighted by molar-refractivity contribution is -0.136. The molecule has 1 atom stereocenters. The van der Waals surface area contributed by atoms with Gasteiger partial charge in [-0.1, -0.05) is 0 Å². The fourth-order valence-corrected chi connectivity index (χ4v) is 2.75. The molecule has 0 bridgehead atoms. The molecular formula is C14H22N2O3. The van der Waals surface area contributed by atoms with Gasteiger partial charge in [0.05, 0.1) is 12.1 Å². The van der Waals surface area contributed by atoms with E-state index in [-0.39, 0.29) is 6.42 Å². The highest BCUT2D eigenvalue weighted by molar-refractivity contribution is 5.66. The van der Waals surface area contributed by atoms with E-state index in [4.69, 9.17) is 9.52 Å². The number of rotatable bonds is 6. The van der Waals surface area contributed by atoms with Gasteiger partial charge in [-0.05, 0) is 33.2 Å². The molecule has 0 spiro atoms. The first-order valence-corrected chi connectivity index (χ1v) is 6.97. The Labute approximate surface area is 113 Å². The highest BCUT2D eigenvalue weighted by Crippen LogP contribution is 2.23. The second kappa shape index (κ2) is 6.19. The van der Waals surface area contributed by atoms with Crippen molar-refractivity contribution in [3.05, 3.63) is 17.8 Å². The summed E-state index contributed by atoms with van der Waals surface area (Å²) in [6.07, 6.45) is 5.38. The number of oxazole rings is 1. The van der Waals surface area contributed by atoms with Gasteiger partial charge in [0, 0.05) is 24.9 Å². The molecule has 0 saturated carbocycles. The topological polar surface area (TPSA) is 66.6 Å². The second-order valence-corrected chi connectivity index (χ2v) is 5.46. The van der Waals surface area contributed by atoms with Crippen LogP contribution in [0.3, 0.4) is 0 Å². The molecule has 1 aliphatic heterocycles. The standard InChI is InChI=1S/C14H22N2O3/c1-10(2)16-7-3-4-12(16)8-13-15-11(9-19-13)5-6-14(17)18/h9-10,12H,3-8H2,1-2H3,(H,17,18). The van der Waals surface area contributed by atoms with Crippen LogP contribution in [0.1, 0.15) is 44.7 Å². The van der Waals surface area contributed by atoms with E-state index in [2.05, 4.69) is 23.7 Å². The van der Waals surface area contributed by atoms with Crippen LogP contribution in [-0.2, 0) is 17.6 Å². The monoisotopic (exact) mass is 266 g/mol. The zero-order valence-corrected chi connectivity index (χ0v) is 11.6. The van der Waals surface area contributed by atoms with Crippen LogP contribution in [0.25, 0.3) is 0 Å². The van der Waals surface area contributed by atoms with Crippen molar-refractivity contribution in [2.45, 2.75) is 58.0 Å². The van der Waals surface area contributed by atoms with Gasteiger partial charge in [-0.2, -0.15) is 0 Å². The summed E-state index contributed by atoms with van der Waals surface area (Å²) in [6.45, 7) is 5.58. The summed E-state index contributed by atoms with van der Waals surface area (Å²) < 4.78 is 5.46. The predicted octanol–water partition coefficient (Wildman–Crippen LogP) is 2.11. The van der Waals surface area contributed by atoms with E-state index >= 15 is 0 Å². The van der Waals surface area contributed by atoms with E-state index in [0.717, 1.165) is 24.6 Å². The molecule has 1 aliphatic rings. The van der Waals surface area contributed by atoms with Crippen LogP contribution in [0.5, 0.6) is 0 Å². The molecule has 2 heterocycles. The van der Waals surface area contributed by atoms with Gasteiger partial charge in [-0.25, -0.2) is 4.98 Å². The Bertz CT molecular complexity index is 428. The molecule has 2 rings (SSSR count). The largest absolute Gasteiger partial charge is 0.481 e. The summed E-state index contributed by atoms with van der Waals surface area (Å²) in [5.41, 5.74) is 0.742. The number of carboxylic acids is 1. The van der Waals surface area contributed by atoms with E-state index in [1.165, 1.54) is 12.8 Å². The number of likely N-dealkylation sites (tertiary alicyclic amines) is 1. The molecule has 1 N–H and O–H groups in total. The van der Waals surface area contributed by atoms with Gasteiger partial charge in [-0.15, -0.1) is 0 Å². The van der Waals surface area contributed by atoms with Crippen molar-refractivity contribution in [2.24, 2.45) is 0 Å². The average molecular weight is 266 g/mol. The molecule has 1 aromatic rings. The smallest absolute Gasteiger partial charge is 0.303 e. The molecule has 1 saturated heterocycles. The number of carboxylic acid groups (broad SMARTS) is 1. The number of nitrogens with zero attached hydrogens (tertiary/aromatic N) is 2. The van der Waals surface area contributed by atoms with Crippen molar-refractivity contribution < 1.29 is 14.3 Å². The quantitative estimate of drug-likeness (QED) is 0.854. The SMILES string of the molecule is CC(C)N1CCCC1Cc1nc(CCC(=O)O)co1. The van der Waals surface area contributed by atoms with Crippen molar-refractivity contribution in [3.63, 3.8) is 0 Å². The maximum atomic E-state index is 10.5. The Hall–Kier alpha value is -1.36. The van der Waals surface area contributed by atoms with Gasteiger partial charge in [0.15, 0.2) is 5.89 Å². The van der Waals surface area contributed by atoms with E-state index < -0.39 is 5.97 Å². The van der Waals surface area contributed by atoms with Crippen LogP contribution in [0.4, 0.5) is 0 Å².